The molecule has 5 rings (SSSR count). The predicted octanol–water partition coefficient (Wildman–Crippen LogP) is 5.70. The zero-order valence-corrected chi connectivity index (χ0v) is 21.7. The summed E-state index contributed by atoms with van der Waals surface area (Å²) in [6.07, 6.45) is 1.60. The largest absolute Gasteiger partial charge is 0.321 e. The van der Waals surface area contributed by atoms with Crippen molar-refractivity contribution in [3.63, 3.8) is 0 Å². The number of rotatable bonds is 6. The first-order valence-electron chi connectivity index (χ1n) is 11.8. The van der Waals surface area contributed by atoms with E-state index < -0.39 is 10.0 Å². The van der Waals surface area contributed by atoms with Crippen LogP contribution in [0.5, 0.6) is 0 Å². The molecule has 0 fully saturated rings. The number of hydrogen-bond acceptors (Lipinski definition) is 5. The molecule has 2 N–H and O–H groups in total. The second-order valence-corrected chi connectivity index (χ2v) is 11.7. The summed E-state index contributed by atoms with van der Waals surface area (Å²) >= 11 is 1.16. The van der Waals surface area contributed by atoms with Crippen LogP contribution in [0.2, 0.25) is 0 Å². The normalized spacial score (nSPS) is 13.1. The second kappa shape index (κ2) is 10.2. The Balaban J connectivity index is 1.26. The van der Waals surface area contributed by atoms with E-state index >= 15 is 0 Å². The van der Waals surface area contributed by atoms with Gasteiger partial charge in [-0.3, -0.25) is 13.9 Å². The third kappa shape index (κ3) is 5.28. The van der Waals surface area contributed by atoms with Crippen LogP contribution in [-0.2, 0) is 16.4 Å². The van der Waals surface area contributed by atoms with Gasteiger partial charge in [0.1, 0.15) is 0 Å². The lowest BCUT2D eigenvalue weighted by Crippen LogP contribution is -2.35. The highest BCUT2D eigenvalue weighted by molar-refractivity contribution is 7.92. The van der Waals surface area contributed by atoms with E-state index in [4.69, 9.17) is 0 Å². The lowest BCUT2D eigenvalue weighted by Gasteiger charge is -2.30. The predicted molar refractivity (Wildman–Crippen MR) is 147 cm³/mol. The standard InChI is InChI=1S/C28H25N3O4S2/c1-19-8-12-22(13-9-19)29-28(33)25-16-17-26(36-25)30-27(32)21-10-14-23(15-11-21)37(34,35)31-18-4-6-20-5-2-3-7-24(20)31/h2-3,5,7-17H,4,6,18H2,1H3,(H,29,33)(H,30,32). The molecule has 37 heavy (non-hydrogen) atoms. The Morgan fingerprint density at radius 2 is 1.57 bits per heavy atom. The molecule has 188 valence electrons. The van der Waals surface area contributed by atoms with E-state index in [-0.39, 0.29) is 16.7 Å². The number of carbonyl (C=O) groups is 2. The fourth-order valence-corrected chi connectivity index (χ4v) is 6.53. The first-order valence-corrected chi connectivity index (χ1v) is 14.1. The van der Waals surface area contributed by atoms with Gasteiger partial charge in [-0.15, -0.1) is 11.3 Å². The molecule has 4 aromatic rings. The number of sulfonamides is 1. The summed E-state index contributed by atoms with van der Waals surface area (Å²) in [6, 6.07) is 24.2. The van der Waals surface area contributed by atoms with Crippen LogP contribution < -0.4 is 14.9 Å². The molecule has 1 aliphatic heterocycles. The molecule has 0 aliphatic carbocycles. The summed E-state index contributed by atoms with van der Waals surface area (Å²) in [5.74, 6) is -0.650. The van der Waals surface area contributed by atoms with Crippen molar-refractivity contribution in [1.82, 2.24) is 0 Å². The highest BCUT2D eigenvalue weighted by Crippen LogP contribution is 2.32. The van der Waals surface area contributed by atoms with Crippen LogP contribution in [0.4, 0.5) is 16.4 Å². The van der Waals surface area contributed by atoms with E-state index in [9.17, 15) is 18.0 Å². The number of anilines is 3. The molecular formula is C28H25N3O4S2. The minimum atomic E-state index is -3.75. The van der Waals surface area contributed by atoms with Crippen molar-refractivity contribution in [3.8, 4) is 0 Å². The molecule has 0 spiro atoms. The number of nitrogens with zero attached hydrogens (tertiary/aromatic N) is 1. The van der Waals surface area contributed by atoms with Crippen LogP contribution in [0.1, 0.15) is 37.6 Å². The Hall–Kier alpha value is -3.95. The third-order valence-corrected chi connectivity index (χ3v) is 8.97. The Morgan fingerprint density at radius 1 is 0.838 bits per heavy atom. The van der Waals surface area contributed by atoms with Gasteiger partial charge < -0.3 is 10.6 Å². The number of carbonyl (C=O) groups excluding carboxylic acids is 2. The van der Waals surface area contributed by atoms with Crippen molar-refractivity contribution in [3.05, 3.63) is 106 Å². The summed E-state index contributed by atoms with van der Waals surface area (Å²) in [6.45, 7) is 2.39. The lowest BCUT2D eigenvalue weighted by atomic mass is 10.0. The molecule has 0 saturated heterocycles. The van der Waals surface area contributed by atoms with Crippen LogP contribution in [0, 0.1) is 6.92 Å². The van der Waals surface area contributed by atoms with Gasteiger partial charge in [-0.2, -0.15) is 0 Å². The SMILES string of the molecule is Cc1ccc(NC(=O)c2ccc(NC(=O)c3ccc(S(=O)(=O)N4CCCc5ccccc54)cc3)s2)cc1. The monoisotopic (exact) mass is 531 g/mol. The van der Waals surface area contributed by atoms with E-state index in [2.05, 4.69) is 10.6 Å². The summed E-state index contributed by atoms with van der Waals surface area (Å²) in [5.41, 5.74) is 3.82. The molecule has 2 amide bonds. The Morgan fingerprint density at radius 3 is 2.32 bits per heavy atom. The number of nitrogens with one attached hydrogen (secondary N) is 2. The smallest absolute Gasteiger partial charge is 0.265 e. The van der Waals surface area contributed by atoms with E-state index in [0.717, 1.165) is 35.3 Å². The van der Waals surface area contributed by atoms with Gasteiger partial charge in [0.25, 0.3) is 21.8 Å². The highest BCUT2D eigenvalue weighted by Gasteiger charge is 2.29. The van der Waals surface area contributed by atoms with E-state index in [1.165, 1.54) is 28.6 Å². The van der Waals surface area contributed by atoms with Gasteiger partial charge >= 0.3 is 0 Å². The lowest BCUT2D eigenvalue weighted by molar-refractivity contribution is 0.102. The van der Waals surface area contributed by atoms with Gasteiger partial charge in [0, 0.05) is 17.8 Å². The number of benzene rings is 3. The van der Waals surface area contributed by atoms with Gasteiger partial charge in [-0.05, 0) is 79.9 Å². The average molecular weight is 532 g/mol. The molecule has 3 aromatic carbocycles. The number of fused-ring (bicyclic) bond motifs is 1. The van der Waals surface area contributed by atoms with Crippen LogP contribution in [0.25, 0.3) is 0 Å². The maximum atomic E-state index is 13.3. The third-order valence-electron chi connectivity index (χ3n) is 6.15. The number of hydrogen-bond donors (Lipinski definition) is 2. The minimum Gasteiger partial charge on any atom is -0.321 e. The fraction of sp³-hybridized carbons (Fsp3) is 0.143. The number of aryl methyl sites for hydroxylation is 2. The van der Waals surface area contributed by atoms with Crippen molar-refractivity contribution in [1.29, 1.82) is 0 Å². The highest BCUT2D eigenvalue weighted by atomic mass is 32.2. The van der Waals surface area contributed by atoms with Crippen molar-refractivity contribution in [2.45, 2.75) is 24.7 Å². The minimum absolute atomic E-state index is 0.131. The zero-order chi connectivity index (χ0) is 26.0. The first-order chi connectivity index (χ1) is 17.8. The van der Waals surface area contributed by atoms with E-state index in [1.54, 1.807) is 12.1 Å². The van der Waals surface area contributed by atoms with Crippen molar-refractivity contribution < 1.29 is 18.0 Å². The van der Waals surface area contributed by atoms with E-state index in [1.807, 2.05) is 55.5 Å². The van der Waals surface area contributed by atoms with Crippen molar-refractivity contribution >= 4 is 49.6 Å². The molecule has 9 heteroatoms. The van der Waals surface area contributed by atoms with Gasteiger partial charge in [0.15, 0.2) is 0 Å². The zero-order valence-electron chi connectivity index (χ0n) is 20.1. The number of thiophene rings is 1. The number of amides is 2. The molecule has 1 aliphatic rings. The maximum Gasteiger partial charge on any atom is 0.265 e. The molecule has 0 atom stereocenters. The summed E-state index contributed by atoms with van der Waals surface area (Å²) in [7, 11) is -3.75. The van der Waals surface area contributed by atoms with Crippen molar-refractivity contribution in [2.24, 2.45) is 0 Å². The summed E-state index contributed by atoms with van der Waals surface area (Å²) in [4.78, 5) is 25.9. The van der Waals surface area contributed by atoms with Crippen LogP contribution in [0.3, 0.4) is 0 Å². The molecular weight excluding hydrogens is 506 g/mol. The Bertz CT molecular complexity index is 1560. The second-order valence-electron chi connectivity index (χ2n) is 8.77. The van der Waals surface area contributed by atoms with Crippen LogP contribution in [-0.4, -0.2) is 26.8 Å². The summed E-state index contributed by atoms with van der Waals surface area (Å²) < 4.78 is 28.1. The molecule has 0 radical (unpaired) electrons. The fourth-order valence-electron chi connectivity index (χ4n) is 4.20. The van der Waals surface area contributed by atoms with Gasteiger partial charge in [0.05, 0.1) is 20.5 Å². The van der Waals surface area contributed by atoms with Gasteiger partial charge in [0.2, 0.25) is 0 Å². The quantitative estimate of drug-likeness (QED) is 0.334. The van der Waals surface area contributed by atoms with Crippen molar-refractivity contribution in [2.75, 3.05) is 21.5 Å². The topological polar surface area (TPSA) is 95.6 Å². The van der Waals surface area contributed by atoms with E-state index in [0.29, 0.717) is 33.4 Å². The molecule has 0 unspecified atom stereocenters. The molecule has 7 nitrogen and oxygen atoms in total. The molecule has 2 heterocycles. The maximum absolute atomic E-state index is 13.3. The number of para-hydroxylation sites is 1. The van der Waals surface area contributed by atoms with Gasteiger partial charge in [-0.25, -0.2) is 8.42 Å². The molecule has 0 bridgehead atoms. The Labute approximate surface area is 219 Å². The molecule has 0 saturated carbocycles. The Kier molecular flexibility index (Phi) is 6.82. The first kappa shape index (κ1) is 24.7. The summed E-state index contributed by atoms with van der Waals surface area (Å²) in [5, 5.41) is 6.13. The van der Waals surface area contributed by atoms with Crippen LogP contribution >= 0.6 is 11.3 Å². The van der Waals surface area contributed by atoms with Gasteiger partial charge in [-0.1, -0.05) is 35.9 Å². The molecule has 1 aromatic heterocycles. The average Bonchev–Trinajstić information content (AvgIpc) is 3.38. The van der Waals surface area contributed by atoms with Crippen LogP contribution in [0.15, 0.2) is 89.8 Å².